The van der Waals surface area contributed by atoms with E-state index in [4.69, 9.17) is 4.74 Å². The van der Waals surface area contributed by atoms with Gasteiger partial charge in [-0.25, -0.2) is 4.79 Å². The van der Waals surface area contributed by atoms with Gasteiger partial charge in [-0.2, -0.15) is 0 Å². The molecule has 0 spiro atoms. The molecule has 2 aromatic rings. The molecular weight excluding hydrogens is 256 g/mol. The molecular formula is C15H18N2O3. The van der Waals surface area contributed by atoms with Gasteiger partial charge in [-0.15, -0.1) is 0 Å². The third-order valence-electron chi connectivity index (χ3n) is 3.78. The van der Waals surface area contributed by atoms with E-state index in [0.717, 1.165) is 50.3 Å². The minimum atomic E-state index is -0.873. The summed E-state index contributed by atoms with van der Waals surface area (Å²) in [5, 5.41) is 10.3. The van der Waals surface area contributed by atoms with Crippen molar-refractivity contribution in [3.8, 4) is 0 Å². The highest BCUT2D eigenvalue weighted by Gasteiger charge is 2.14. The summed E-state index contributed by atoms with van der Waals surface area (Å²) in [5.41, 5.74) is 1.18. The second kappa shape index (κ2) is 5.64. The van der Waals surface area contributed by atoms with Crippen LogP contribution >= 0.6 is 0 Å². The number of carboxylic acids is 1. The van der Waals surface area contributed by atoms with Crippen molar-refractivity contribution >= 4 is 16.9 Å². The predicted octanol–water partition coefficient (Wildman–Crippen LogP) is 1.67. The molecule has 1 fully saturated rings. The van der Waals surface area contributed by atoms with Gasteiger partial charge in [0.15, 0.2) is 0 Å². The van der Waals surface area contributed by atoms with Crippen molar-refractivity contribution in [3.05, 3.63) is 36.0 Å². The number of hydrogen-bond acceptors (Lipinski definition) is 3. The smallest absolute Gasteiger partial charge is 0.337 e. The molecule has 0 amide bonds. The van der Waals surface area contributed by atoms with Crippen LogP contribution in [0.2, 0.25) is 0 Å². The number of nitrogens with zero attached hydrogens (tertiary/aromatic N) is 2. The normalized spacial score (nSPS) is 16.6. The van der Waals surface area contributed by atoms with Gasteiger partial charge in [0.05, 0.1) is 24.3 Å². The molecule has 0 bridgehead atoms. The summed E-state index contributed by atoms with van der Waals surface area (Å²) in [6.07, 6.45) is 1.97. The first-order valence-corrected chi connectivity index (χ1v) is 6.87. The number of aromatic carboxylic acids is 1. The lowest BCUT2D eigenvalue weighted by atomic mass is 10.1. The van der Waals surface area contributed by atoms with Gasteiger partial charge in [0.25, 0.3) is 0 Å². The Kier molecular flexibility index (Phi) is 3.71. The molecule has 0 radical (unpaired) electrons. The first kappa shape index (κ1) is 13.1. The van der Waals surface area contributed by atoms with Crippen LogP contribution in [0, 0.1) is 0 Å². The zero-order chi connectivity index (χ0) is 13.9. The van der Waals surface area contributed by atoms with Gasteiger partial charge < -0.3 is 14.4 Å². The minimum absolute atomic E-state index is 0.370. The van der Waals surface area contributed by atoms with Crippen LogP contribution < -0.4 is 0 Å². The van der Waals surface area contributed by atoms with Crippen LogP contribution in [0.1, 0.15) is 10.4 Å². The Morgan fingerprint density at radius 3 is 2.75 bits per heavy atom. The molecule has 1 N–H and O–H groups in total. The van der Waals surface area contributed by atoms with Gasteiger partial charge in [0.1, 0.15) is 0 Å². The third-order valence-corrected chi connectivity index (χ3v) is 3.78. The van der Waals surface area contributed by atoms with E-state index < -0.39 is 5.97 Å². The Balaban J connectivity index is 1.82. The molecule has 1 aromatic heterocycles. The van der Waals surface area contributed by atoms with Crippen molar-refractivity contribution in [3.63, 3.8) is 0 Å². The molecule has 1 aliphatic heterocycles. The average molecular weight is 274 g/mol. The van der Waals surface area contributed by atoms with Gasteiger partial charge in [-0.05, 0) is 12.1 Å². The van der Waals surface area contributed by atoms with Gasteiger partial charge in [-0.3, -0.25) is 4.90 Å². The fourth-order valence-corrected chi connectivity index (χ4v) is 2.69. The van der Waals surface area contributed by atoms with Gasteiger partial charge in [0, 0.05) is 37.8 Å². The van der Waals surface area contributed by atoms with Crippen LogP contribution in [-0.4, -0.2) is 53.4 Å². The van der Waals surface area contributed by atoms with Crippen LogP contribution in [0.3, 0.4) is 0 Å². The molecule has 0 aliphatic carbocycles. The first-order valence-electron chi connectivity index (χ1n) is 6.87. The van der Waals surface area contributed by atoms with Crippen LogP contribution in [0.4, 0.5) is 0 Å². The number of fused-ring (bicyclic) bond motifs is 1. The number of ether oxygens (including phenoxy) is 1. The van der Waals surface area contributed by atoms with Crippen molar-refractivity contribution in [1.82, 2.24) is 9.47 Å². The average Bonchev–Trinajstić information content (AvgIpc) is 2.89. The fourth-order valence-electron chi connectivity index (χ4n) is 2.69. The van der Waals surface area contributed by atoms with E-state index in [1.807, 2.05) is 22.9 Å². The maximum absolute atomic E-state index is 11.3. The number of hydrogen-bond donors (Lipinski definition) is 1. The fraction of sp³-hybridized carbons (Fsp3) is 0.400. The Morgan fingerprint density at radius 2 is 2.00 bits per heavy atom. The second-order valence-electron chi connectivity index (χ2n) is 5.01. The van der Waals surface area contributed by atoms with E-state index in [1.165, 1.54) is 0 Å². The molecule has 1 aromatic carbocycles. The third kappa shape index (κ3) is 2.55. The van der Waals surface area contributed by atoms with Crippen molar-refractivity contribution in [2.45, 2.75) is 6.54 Å². The summed E-state index contributed by atoms with van der Waals surface area (Å²) >= 11 is 0. The molecule has 5 heteroatoms. The highest BCUT2D eigenvalue weighted by Crippen LogP contribution is 2.20. The van der Waals surface area contributed by atoms with Crippen LogP contribution in [0.15, 0.2) is 30.5 Å². The number of para-hydroxylation sites is 1. The van der Waals surface area contributed by atoms with Crippen molar-refractivity contribution in [1.29, 1.82) is 0 Å². The number of benzene rings is 1. The molecule has 5 nitrogen and oxygen atoms in total. The Morgan fingerprint density at radius 1 is 1.20 bits per heavy atom. The van der Waals surface area contributed by atoms with Crippen LogP contribution in [0.25, 0.3) is 10.9 Å². The lowest BCUT2D eigenvalue weighted by molar-refractivity contribution is 0.0365. The van der Waals surface area contributed by atoms with Crippen LogP contribution in [0.5, 0.6) is 0 Å². The molecule has 3 rings (SSSR count). The lowest BCUT2D eigenvalue weighted by Crippen LogP contribution is -2.38. The minimum Gasteiger partial charge on any atom is -0.478 e. The summed E-state index contributed by atoms with van der Waals surface area (Å²) in [7, 11) is 0. The van der Waals surface area contributed by atoms with E-state index in [2.05, 4.69) is 4.90 Å². The summed E-state index contributed by atoms with van der Waals surface area (Å²) in [5.74, 6) is -0.873. The first-order chi connectivity index (χ1) is 9.75. The SMILES string of the molecule is O=C(O)c1cccc2ccn(CCN3CCOCC3)c12. The summed E-state index contributed by atoms with van der Waals surface area (Å²) < 4.78 is 7.37. The number of aromatic nitrogens is 1. The van der Waals surface area contributed by atoms with E-state index in [9.17, 15) is 9.90 Å². The van der Waals surface area contributed by atoms with Gasteiger partial charge >= 0.3 is 5.97 Å². The van der Waals surface area contributed by atoms with E-state index in [1.54, 1.807) is 12.1 Å². The molecule has 20 heavy (non-hydrogen) atoms. The monoisotopic (exact) mass is 274 g/mol. The highest BCUT2D eigenvalue weighted by molar-refractivity contribution is 6.02. The number of carbonyl (C=O) groups is 1. The molecule has 106 valence electrons. The standard InChI is InChI=1S/C15H18N2O3/c18-15(19)13-3-1-2-12-4-5-17(14(12)13)7-6-16-8-10-20-11-9-16/h1-5H,6-11H2,(H,18,19). The largest absolute Gasteiger partial charge is 0.478 e. The Hall–Kier alpha value is -1.85. The lowest BCUT2D eigenvalue weighted by Gasteiger charge is -2.26. The Labute approximate surface area is 117 Å². The van der Waals surface area contributed by atoms with Gasteiger partial charge in [-0.1, -0.05) is 12.1 Å². The van der Waals surface area contributed by atoms with Crippen molar-refractivity contribution < 1.29 is 14.6 Å². The van der Waals surface area contributed by atoms with E-state index in [-0.39, 0.29) is 0 Å². The van der Waals surface area contributed by atoms with E-state index in [0.29, 0.717) is 5.56 Å². The maximum Gasteiger partial charge on any atom is 0.337 e. The number of rotatable bonds is 4. The Bertz CT molecular complexity index is 615. The summed E-state index contributed by atoms with van der Waals surface area (Å²) in [6, 6.07) is 7.38. The zero-order valence-electron chi connectivity index (χ0n) is 11.3. The number of morpholine rings is 1. The van der Waals surface area contributed by atoms with Crippen LogP contribution in [-0.2, 0) is 11.3 Å². The highest BCUT2D eigenvalue weighted by atomic mass is 16.5. The zero-order valence-corrected chi connectivity index (χ0v) is 11.3. The quantitative estimate of drug-likeness (QED) is 0.921. The molecule has 0 atom stereocenters. The van der Waals surface area contributed by atoms with Gasteiger partial charge in [0.2, 0.25) is 0 Å². The second-order valence-corrected chi connectivity index (χ2v) is 5.01. The maximum atomic E-state index is 11.3. The van der Waals surface area contributed by atoms with E-state index >= 15 is 0 Å². The predicted molar refractivity (Wildman–Crippen MR) is 76.2 cm³/mol. The molecule has 0 saturated carbocycles. The topological polar surface area (TPSA) is 54.7 Å². The molecule has 2 heterocycles. The summed E-state index contributed by atoms with van der Waals surface area (Å²) in [6.45, 7) is 5.18. The van der Waals surface area contributed by atoms with Crippen molar-refractivity contribution in [2.75, 3.05) is 32.8 Å². The molecule has 1 aliphatic rings. The number of carboxylic acid groups (broad SMARTS) is 1. The molecule has 1 saturated heterocycles. The van der Waals surface area contributed by atoms with Crippen molar-refractivity contribution in [2.24, 2.45) is 0 Å². The molecule has 0 unspecified atom stereocenters. The summed E-state index contributed by atoms with van der Waals surface area (Å²) in [4.78, 5) is 13.7.